The minimum Gasteiger partial charge on any atom is -0.508 e. The third-order valence-corrected chi connectivity index (χ3v) is 4.39. The number of hydrogen-bond acceptors (Lipinski definition) is 3. The molecule has 0 fully saturated rings. The van der Waals surface area contributed by atoms with Gasteiger partial charge in [0, 0.05) is 5.56 Å². The standard InChI is InChI=1S/C22H21NO3/c1-15-4-2-3-5-20(15)22(26)23-21(14-24)18-8-6-16(7-9-18)17-10-12-19(25)13-11-17/h2-13,21,24-25H,14H2,1H3,(H,23,26). The smallest absolute Gasteiger partial charge is 0.252 e. The van der Waals surface area contributed by atoms with Crippen molar-refractivity contribution in [2.24, 2.45) is 0 Å². The fraction of sp³-hybridized carbons (Fsp3) is 0.136. The number of benzene rings is 3. The molecule has 3 aromatic rings. The van der Waals surface area contributed by atoms with Crippen LogP contribution in [0.25, 0.3) is 11.1 Å². The van der Waals surface area contributed by atoms with Crippen molar-refractivity contribution in [1.82, 2.24) is 5.32 Å². The molecule has 0 spiro atoms. The van der Waals surface area contributed by atoms with Crippen LogP contribution < -0.4 is 5.32 Å². The van der Waals surface area contributed by atoms with Gasteiger partial charge >= 0.3 is 0 Å². The molecule has 1 atom stereocenters. The largest absolute Gasteiger partial charge is 0.508 e. The monoisotopic (exact) mass is 347 g/mol. The van der Waals surface area contributed by atoms with Crippen molar-refractivity contribution in [2.75, 3.05) is 6.61 Å². The van der Waals surface area contributed by atoms with Crippen LogP contribution in [0.4, 0.5) is 0 Å². The maximum absolute atomic E-state index is 12.5. The van der Waals surface area contributed by atoms with Gasteiger partial charge < -0.3 is 15.5 Å². The lowest BCUT2D eigenvalue weighted by Gasteiger charge is -2.18. The molecule has 4 heteroatoms. The molecule has 0 heterocycles. The summed E-state index contributed by atoms with van der Waals surface area (Å²) >= 11 is 0. The topological polar surface area (TPSA) is 69.6 Å². The summed E-state index contributed by atoms with van der Waals surface area (Å²) in [5.74, 6) is 0.0226. The molecule has 0 saturated heterocycles. The molecule has 26 heavy (non-hydrogen) atoms. The van der Waals surface area contributed by atoms with Gasteiger partial charge in [0.05, 0.1) is 12.6 Å². The molecule has 0 saturated carbocycles. The summed E-state index contributed by atoms with van der Waals surface area (Å²) in [5.41, 5.74) is 4.31. The van der Waals surface area contributed by atoms with Crippen LogP contribution in [0.1, 0.15) is 27.5 Å². The number of amides is 1. The van der Waals surface area contributed by atoms with Crippen LogP contribution in [0, 0.1) is 6.92 Å². The van der Waals surface area contributed by atoms with Crippen LogP contribution in [0.15, 0.2) is 72.8 Å². The van der Waals surface area contributed by atoms with E-state index in [4.69, 9.17) is 0 Å². The van der Waals surface area contributed by atoms with E-state index in [1.54, 1.807) is 18.2 Å². The van der Waals surface area contributed by atoms with Crippen LogP contribution >= 0.6 is 0 Å². The second kappa shape index (κ2) is 7.85. The van der Waals surface area contributed by atoms with Gasteiger partial charge in [-0.2, -0.15) is 0 Å². The summed E-state index contributed by atoms with van der Waals surface area (Å²) in [6, 6.07) is 21.5. The van der Waals surface area contributed by atoms with Crippen molar-refractivity contribution in [3.8, 4) is 16.9 Å². The molecule has 1 amide bonds. The van der Waals surface area contributed by atoms with E-state index in [2.05, 4.69) is 5.32 Å². The fourth-order valence-corrected chi connectivity index (χ4v) is 2.86. The Morgan fingerprint density at radius 3 is 2.08 bits per heavy atom. The third-order valence-electron chi connectivity index (χ3n) is 4.39. The molecule has 3 aromatic carbocycles. The lowest BCUT2D eigenvalue weighted by molar-refractivity contribution is 0.0915. The third kappa shape index (κ3) is 3.92. The van der Waals surface area contributed by atoms with Crippen molar-refractivity contribution in [3.05, 3.63) is 89.5 Å². The van der Waals surface area contributed by atoms with E-state index in [1.807, 2.05) is 61.5 Å². The molecule has 4 nitrogen and oxygen atoms in total. The number of carbonyl (C=O) groups excluding carboxylic acids is 1. The number of hydrogen-bond donors (Lipinski definition) is 3. The van der Waals surface area contributed by atoms with Gasteiger partial charge in [-0.1, -0.05) is 54.6 Å². The van der Waals surface area contributed by atoms with Gasteiger partial charge in [0.1, 0.15) is 5.75 Å². The van der Waals surface area contributed by atoms with Gasteiger partial charge in [0.2, 0.25) is 0 Å². The number of aliphatic hydroxyl groups excluding tert-OH is 1. The Morgan fingerprint density at radius 2 is 1.50 bits per heavy atom. The van der Waals surface area contributed by atoms with Crippen LogP contribution in [-0.2, 0) is 0 Å². The van der Waals surface area contributed by atoms with Gasteiger partial charge in [-0.15, -0.1) is 0 Å². The van der Waals surface area contributed by atoms with E-state index in [0.717, 1.165) is 22.3 Å². The zero-order chi connectivity index (χ0) is 18.5. The summed E-state index contributed by atoms with van der Waals surface area (Å²) in [6.45, 7) is 1.70. The summed E-state index contributed by atoms with van der Waals surface area (Å²) in [5, 5.41) is 22.0. The van der Waals surface area contributed by atoms with Crippen molar-refractivity contribution >= 4 is 5.91 Å². The summed E-state index contributed by atoms with van der Waals surface area (Å²) in [7, 11) is 0. The Hall–Kier alpha value is -3.11. The lowest BCUT2D eigenvalue weighted by Crippen LogP contribution is -2.31. The minimum absolute atomic E-state index is 0.184. The number of aliphatic hydroxyl groups is 1. The average molecular weight is 347 g/mol. The molecule has 0 aliphatic carbocycles. The maximum atomic E-state index is 12.5. The van der Waals surface area contributed by atoms with Crippen LogP contribution in [0.3, 0.4) is 0 Å². The highest BCUT2D eigenvalue weighted by molar-refractivity contribution is 5.95. The molecule has 0 radical (unpaired) electrons. The molecular formula is C22H21NO3. The summed E-state index contributed by atoms with van der Waals surface area (Å²) < 4.78 is 0. The van der Waals surface area contributed by atoms with Gasteiger partial charge in [0.25, 0.3) is 5.91 Å². The first-order valence-corrected chi connectivity index (χ1v) is 8.45. The van der Waals surface area contributed by atoms with Gasteiger partial charge in [0.15, 0.2) is 0 Å². The number of aromatic hydroxyl groups is 1. The second-order valence-corrected chi connectivity index (χ2v) is 6.19. The van der Waals surface area contributed by atoms with Crippen molar-refractivity contribution in [3.63, 3.8) is 0 Å². The Bertz CT molecular complexity index is 886. The predicted octanol–water partition coefficient (Wildman–Crippen LogP) is 3.83. The van der Waals surface area contributed by atoms with Gasteiger partial charge in [-0.3, -0.25) is 4.79 Å². The van der Waals surface area contributed by atoms with E-state index in [0.29, 0.717) is 5.56 Å². The highest BCUT2D eigenvalue weighted by Crippen LogP contribution is 2.24. The van der Waals surface area contributed by atoms with Crippen molar-refractivity contribution in [1.29, 1.82) is 0 Å². The average Bonchev–Trinajstić information content (AvgIpc) is 2.67. The zero-order valence-electron chi connectivity index (χ0n) is 14.5. The fourth-order valence-electron chi connectivity index (χ4n) is 2.86. The van der Waals surface area contributed by atoms with E-state index >= 15 is 0 Å². The van der Waals surface area contributed by atoms with E-state index in [-0.39, 0.29) is 18.3 Å². The van der Waals surface area contributed by atoms with Gasteiger partial charge in [-0.25, -0.2) is 0 Å². The van der Waals surface area contributed by atoms with Crippen molar-refractivity contribution < 1.29 is 15.0 Å². The van der Waals surface area contributed by atoms with Crippen molar-refractivity contribution in [2.45, 2.75) is 13.0 Å². The summed E-state index contributed by atoms with van der Waals surface area (Å²) in [4.78, 5) is 12.5. The molecule has 0 aromatic heterocycles. The molecule has 3 N–H and O–H groups in total. The number of carbonyl (C=O) groups is 1. The quantitative estimate of drug-likeness (QED) is 0.657. The van der Waals surface area contributed by atoms with E-state index < -0.39 is 6.04 Å². The number of phenols is 1. The Morgan fingerprint density at radius 1 is 0.923 bits per heavy atom. The van der Waals surface area contributed by atoms with Crippen LogP contribution in [0.2, 0.25) is 0 Å². The summed E-state index contributed by atoms with van der Waals surface area (Å²) in [6.07, 6.45) is 0. The number of aryl methyl sites for hydroxylation is 1. The van der Waals surface area contributed by atoms with E-state index in [1.165, 1.54) is 0 Å². The van der Waals surface area contributed by atoms with Gasteiger partial charge in [-0.05, 0) is 47.4 Å². The first-order valence-electron chi connectivity index (χ1n) is 8.45. The normalized spacial score (nSPS) is 11.8. The molecule has 0 bridgehead atoms. The minimum atomic E-state index is -0.476. The first-order chi connectivity index (χ1) is 12.6. The molecular weight excluding hydrogens is 326 g/mol. The SMILES string of the molecule is Cc1ccccc1C(=O)NC(CO)c1ccc(-c2ccc(O)cc2)cc1. The van der Waals surface area contributed by atoms with Crippen LogP contribution in [0.5, 0.6) is 5.75 Å². The Labute approximate surface area is 152 Å². The molecule has 0 aliphatic rings. The first kappa shape index (κ1) is 17.7. The highest BCUT2D eigenvalue weighted by atomic mass is 16.3. The number of phenolic OH excluding ortho intramolecular Hbond substituents is 1. The number of nitrogens with one attached hydrogen (secondary N) is 1. The predicted molar refractivity (Wildman–Crippen MR) is 102 cm³/mol. The number of rotatable bonds is 5. The molecule has 3 rings (SSSR count). The van der Waals surface area contributed by atoms with Crippen LogP contribution in [-0.4, -0.2) is 22.7 Å². The second-order valence-electron chi connectivity index (χ2n) is 6.19. The lowest BCUT2D eigenvalue weighted by atomic mass is 10.0. The molecule has 0 aliphatic heterocycles. The molecule has 132 valence electrons. The molecule has 1 unspecified atom stereocenters. The highest BCUT2D eigenvalue weighted by Gasteiger charge is 2.16. The van der Waals surface area contributed by atoms with E-state index in [9.17, 15) is 15.0 Å². The zero-order valence-corrected chi connectivity index (χ0v) is 14.5. The maximum Gasteiger partial charge on any atom is 0.252 e. The Kier molecular flexibility index (Phi) is 5.34. The Balaban J connectivity index is 1.77.